The van der Waals surface area contributed by atoms with Crippen molar-refractivity contribution in [3.63, 3.8) is 0 Å². The fourth-order valence-electron chi connectivity index (χ4n) is 0.575. The fourth-order valence-corrected chi connectivity index (χ4v) is 0.575. The molecule has 1 rings (SSSR count). The summed E-state index contributed by atoms with van der Waals surface area (Å²) in [5, 5.41) is 7.30. The van der Waals surface area contributed by atoms with Gasteiger partial charge in [-0.05, 0) is 12.1 Å². The zero-order valence-corrected chi connectivity index (χ0v) is 6.29. The maximum atomic E-state index is 10.6. The maximum absolute atomic E-state index is 10.6. The van der Waals surface area contributed by atoms with Gasteiger partial charge in [-0.2, -0.15) is 10.2 Å². The van der Waals surface area contributed by atoms with Crippen molar-refractivity contribution >= 4 is 6.03 Å². The second-order valence-electron chi connectivity index (χ2n) is 1.93. The molecule has 0 unspecified atom stereocenters. The van der Waals surface area contributed by atoms with Gasteiger partial charge >= 0.3 is 6.03 Å². The standard InChI is InChI=1S/C7H8N4O/c8-7(12)11-9-5-3-1-2-4-6-10-11/h1-6H,(H2,8,12). The molecule has 0 bridgehead atoms. The number of aromatic nitrogens is 3. The highest BCUT2D eigenvalue weighted by atomic mass is 16.2. The van der Waals surface area contributed by atoms with Crippen LogP contribution in [-0.2, 0) is 0 Å². The summed E-state index contributed by atoms with van der Waals surface area (Å²) in [6, 6.07) is 6.15. The van der Waals surface area contributed by atoms with Crippen LogP contribution >= 0.6 is 0 Å². The zero-order valence-electron chi connectivity index (χ0n) is 6.29. The third kappa shape index (κ3) is 2.37. The Morgan fingerprint density at radius 3 is 2.00 bits per heavy atom. The molecule has 0 fully saturated rings. The summed E-state index contributed by atoms with van der Waals surface area (Å²) in [7, 11) is 0. The molecule has 5 nitrogen and oxygen atoms in total. The van der Waals surface area contributed by atoms with Crippen molar-refractivity contribution in [3.8, 4) is 0 Å². The van der Waals surface area contributed by atoms with Crippen LogP contribution in [0.25, 0.3) is 0 Å². The lowest BCUT2D eigenvalue weighted by atomic mass is 10.5. The molecule has 12 heavy (non-hydrogen) atoms. The van der Waals surface area contributed by atoms with E-state index in [0.717, 1.165) is 4.80 Å². The van der Waals surface area contributed by atoms with Gasteiger partial charge in [0.05, 0.1) is 0 Å². The number of primary amides is 1. The summed E-state index contributed by atoms with van der Waals surface area (Å²) in [4.78, 5) is 11.4. The van der Waals surface area contributed by atoms with E-state index in [1.165, 1.54) is 12.4 Å². The zero-order chi connectivity index (χ0) is 8.81. The lowest BCUT2D eigenvalue weighted by Gasteiger charge is -1.89. The Hall–Kier alpha value is -1.91. The molecule has 1 aromatic heterocycles. The summed E-state index contributed by atoms with van der Waals surface area (Å²) in [5.41, 5.74) is 4.95. The Balaban J connectivity index is 3.19. The van der Waals surface area contributed by atoms with Crippen LogP contribution in [0, 0.1) is 0 Å². The van der Waals surface area contributed by atoms with Crippen molar-refractivity contribution in [1.82, 2.24) is 15.0 Å². The first-order chi connectivity index (χ1) is 5.80. The predicted molar refractivity (Wildman–Crippen MR) is 42.6 cm³/mol. The van der Waals surface area contributed by atoms with Crippen LogP contribution in [0.2, 0.25) is 0 Å². The molecule has 2 N–H and O–H groups in total. The maximum Gasteiger partial charge on any atom is 0.356 e. The van der Waals surface area contributed by atoms with Crippen LogP contribution < -0.4 is 5.73 Å². The third-order valence-corrected chi connectivity index (χ3v) is 1.05. The molecule has 1 aromatic rings. The average molecular weight is 164 g/mol. The molecule has 0 aliphatic carbocycles. The second kappa shape index (κ2) is 4.07. The minimum absolute atomic E-state index is 0.716. The van der Waals surface area contributed by atoms with Crippen LogP contribution in [0.15, 0.2) is 36.7 Å². The van der Waals surface area contributed by atoms with Crippen molar-refractivity contribution in [3.05, 3.63) is 36.7 Å². The lowest BCUT2D eigenvalue weighted by Crippen LogP contribution is -2.23. The number of nitrogens with zero attached hydrogens (tertiary/aromatic N) is 3. The lowest BCUT2D eigenvalue weighted by molar-refractivity contribution is 0.243. The fraction of sp³-hybridized carbons (Fsp3) is 0. The number of carbonyl (C=O) groups excluding carboxylic acids is 1. The van der Waals surface area contributed by atoms with Gasteiger partial charge in [0.2, 0.25) is 0 Å². The molecule has 0 radical (unpaired) electrons. The molecule has 0 spiro atoms. The van der Waals surface area contributed by atoms with Crippen molar-refractivity contribution in [2.75, 3.05) is 0 Å². The monoisotopic (exact) mass is 164 g/mol. The van der Waals surface area contributed by atoms with E-state index in [1.807, 2.05) is 0 Å². The van der Waals surface area contributed by atoms with Gasteiger partial charge in [-0.3, -0.25) is 0 Å². The predicted octanol–water partition coefficient (Wildman–Crippen LogP) is 0.329. The highest BCUT2D eigenvalue weighted by Crippen LogP contribution is 1.75. The van der Waals surface area contributed by atoms with E-state index in [4.69, 9.17) is 5.73 Å². The van der Waals surface area contributed by atoms with Crippen LogP contribution in [0.4, 0.5) is 4.79 Å². The van der Waals surface area contributed by atoms with Gasteiger partial charge in [0.25, 0.3) is 0 Å². The number of hydrogen-bond donors (Lipinski definition) is 1. The molecule has 62 valence electrons. The highest BCUT2D eigenvalue weighted by Gasteiger charge is 1.91. The quantitative estimate of drug-likeness (QED) is 0.600. The van der Waals surface area contributed by atoms with Gasteiger partial charge in [0, 0.05) is 12.4 Å². The number of amides is 1. The third-order valence-electron chi connectivity index (χ3n) is 1.05. The van der Waals surface area contributed by atoms with E-state index in [1.54, 1.807) is 24.3 Å². The molecule has 0 aromatic carbocycles. The largest absolute Gasteiger partial charge is 0.356 e. The normalized spacial score (nSPS) is 8.67. The molecule has 0 aliphatic rings. The van der Waals surface area contributed by atoms with Crippen molar-refractivity contribution < 1.29 is 4.79 Å². The minimum Gasteiger partial charge on any atom is -0.348 e. The summed E-state index contributed by atoms with van der Waals surface area (Å²) in [6.07, 6.45) is 2.86. The van der Waals surface area contributed by atoms with Gasteiger partial charge in [-0.25, -0.2) is 4.79 Å². The first kappa shape index (κ1) is 8.19. The molecule has 0 saturated carbocycles. The molecule has 0 atom stereocenters. The summed E-state index contributed by atoms with van der Waals surface area (Å²) >= 11 is 0. The first-order valence-electron chi connectivity index (χ1n) is 3.30. The van der Waals surface area contributed by atoms with Gasteiger partial charge < -0.3 is 5.73 Å². The summed E-state index contributed by atoms with van der Waals surface area (Å²) in [5.74, 6) is 0. The van der Waals surface area contributed by atoms with E-state index < -0.39 is 6.03 Å². The van der Waals surface area contributed by atoms with Crippen LogP contribution in [0.3, 0.4) is 0 Å². The van der Waals surface area contributed by atoms with Gasteiger partial charge in [0.15, 0.2) is 0 Å². The SMILES string of the molecule is NC(=O)n1nccccccn1. The average Bonchev–Trinajstić information content (AvgIpc) is 2.15. The topological polar surface area (TPSA) is 73.8 Å². The molecule has 0 aliphatic heterocycles. The number of rotatable bonds is 0. The van der Waals surface area contributed by atoms with Gasteiger partial charge in [0.1, 0.15) is 0 Å². The Labute approximate surface area is 69.1 Å². The van der Waals surface area contributed by atoms with Crippen molar-refractivity contribution in [2.24, 2.45) is 5.73 Å². The van der Waals surface area contributed by atoms with Crippen molar-refractivity contribution in [2.45, 2.75) is 0 Å². The number of carbonyl (C=O) groups is 1. The first-order valence-corrected chi connectivity index (χ1v) is 3.30. The minimum atomic E-state index is -0.716. The molecular formula is C7H8N4O. The van der Waals surface area contributed by atoms with Gasteiger partial charge in [-0.1, -0.05) is 16.9 Å². The van der Waals surface area contributed by atoms with Crippen LogP contribution in [0.1, 0.15) is 0 Å². The van der Waals surface area contributed by atoms with E-state index in [2.05, 4.69) is 10.2 Å². The highest BCUT2D eigenvalue weighted by molar-refractivity contribution is 5.71. The van der Waals surface area contributed by atoms with E-state index in [0.29, 0.717) is 0 Å². The molecule has 5 heteroatoms. The second-order valence-corrected chi connectivity index (χ2v) is 1.93. The van der Waals surface area contributed by atoms with E-state index >= 15 is 0 Å². The van der Waals surface area contributed by atoms with Crippen LogP contribution in [0.5, 0.6) is 0 Å². The van der Waals surface area contributed by atoms with Gasteiger partial charge in [-0.15, -0.1) is 0 Å². The number of nitrogens with two attached hydrogens (primary N) is 1. The summed E-state index contributed by atoms with van der Waals surface area (Å²) in [6.45, 7) is 0. The van der Waals surface area contributed by atoms with E-state index in [-0.39, 0.29) is 0 Å². The summed E-state index contributed by atoms with van der Waals surface area (Å²) < 4.78 is 0. The number of hydrogen-bond acceptors (Lipinski definition) is 3. The van der Waals surface area contributed by atoms with E-state index in [9.17, 15) is 4.79 Å². The Morgan fingerprint density at radius 1 is 1.08 bits per heavy atom. The van der Waals surface area contributed by atoms with Crippen LogP contribution in [-0.4, -0.2) is 21.0 Å². The molecule has 1 amide bonds. The van der Waals surface area contributed by atoms with Crippen molar-refractivity contribution in [1.29, 1.82) is 0 Å². The Morgan fingerprint density at radius 2 is 1.58 bits per heavy atom. The molecule has 1 heterocycles. The molecule has 0 saturated heterocycles. The smallest absolute Gasteiger partial charge is 0.348 e. The Kier molecular flexibility index (Phi) is 2.78. The Bertz CT molecular complexity index is 295. The molecular weight excluding hydrogens is 156 g/mol.